The topological polar surface area (TPSA) is 113 Å². The maximum atomic E-state index is 13.1. The van der Waals surface area contributed by atoms with Crippen molar-refractivity contribution < 1.29 is 14.7 Å². The fraction of sp³-hybridized carbons (Fsp3) is 0.172. The van der Waals surface area contributed by atoms with E-state index in [0.29, 0.717) is 23.5 Å². The summed E-state index contributed by atoms with van der Waals surface area (Å²) in [5.41, 5.74) is 4.82. The Labute approximate surface area is 243 Å². The fourth-order valence-corrected chi connectivity index (χ4v) is 4.01. The van der Waals surface area contributed by atoms with Gasteiger partial charge in [-0.2, -0.15) is 0 Å². The van der Waals surface area contributed by atoms with E-state index in [-0.39, 0.29) is 53.5 Å². The van der Waals surface area contributed by atoms with Gasteiger partial charge in [0.15, 0.2) is 0 Å². The number of aliphatic carboxylic acids is 1. The Morgan fingerprint density at radius 2 is 1.71 bits per heavy atom. The van der Waals surface area contributed by atoms with E-state index < -0.39 is 5.97 Å². The van der Waals surface area contributed by atoms with Gasteiger partial charge in [0.05, 0.1) is 36.1 Å². The van der Waals surface area contributed by atoms with Gasteiger partial charge >= 0.3 is 12.0 Å². The first-order valence-corrected chi connectivity index (χ1v) is 11.9. The van der Waals surface area contributed by atoms with Crippen molar-refractivity contribution >= 4 is 52.9 Å². The Morgan fingerprint density at radius 1 is 0.974 bits per heavy atom. The Bertz CT molecular complexity index is 1470. The number of carbonyl (C=O) groups is 2. The van der Waals surface area contributed by atoms with E-state index in [9.17, 15) is 14.4 Å². The number of anilines is 2. The van der Waals surface area contributed by atoms with Crippen LogP contribution in [-0.2, 0) is 11.3 Å². The third-order valence-corrected chi connectivity index (χ3v) is 6.09. The second-order valence-corrected chi connectivity index (χ2v) is 8.92. The average molecular weight is 520 g/mol. The van der Waals surface area contributed by atoms with Crippen molar-refractivity contribution in [2.75, 3.05) is 10.6 Å². The molecule has 189 valence electrons. The summed E-state index contributed by atoms with van der Waals surface area (Å²) in [6.45, 7) is 4.16. The van der Waals surface area contributed by atoms with Gasteiger partial charge in [-0.1, -0.05) is 49.4 Å². The predicted molar refractivity (Wildman–Crippen MR) is 150 cm³/mol. The minimum absolute atomic E-state index is 0. The number of nitrogens with one attached hydrogen (secondary N) is 2. The quantitative estimate of drug-likeness (QED) is 0.280. The molecule has 8 nitrogen and oxygen atoms in total. The molecule has 0 saturated carbocycles. The van der Waals surface area contributed by atoms with Crippen molar-refractivity contribution in [2.24, 2.45) is 0 Å². The molecule has 4 rings (SSSR count). The number of benzene rings is 2. The zero-order chi connectivity index (χ0) is 26.4. The van der Waals surface area contributed by atoms with Crippen LogP contribution in [-0.4, -0.2) is 56.2 Å². The number of nitrogens with zero attached hydrogens (tertiary/aromatic N) is 2. The largest absolute Gasteiger partial charge is 0.481 e. The molecule has 0 aliphatic carbocycles. The Balaban J connectivity index is 0.00000400. The van der Waals surface area contributed by atoms with Crippen LogP contribution in [0.5, 0.6) is 0 Å². The zero-order valence-corrected chi connectivity index (χ0v) is 23.6. The first-order valence-electron chi connectivity index (χ1n) is 11.9. The number of pyridine rings is 2. The zero-order valence-electron chi connectivity index (χ0n) is 21.6. The van der Waals surface area contributed by atoms with Crippen molar-refractivity contribution in [3.8, 4) is 11.3 Å². The number of carbonyl (C=O) groups excluding carboxylic acids is 1. The number of rotatable bonds is 8. The predicted octanol–water partition coefficient (Wildman–Crippen LogP) is 5.11. The van der Waals surface area contributed by atoms with Crippen LogP contribution in [0.1, 0.15) is 36.0 Å². The normalized spacial score (nSPS) is 11.2. The first kappa shape index (κ1) is 28.8. The molecule has 1 atom stereocenters. The van der Waals surface area contributed by atoms with Crippen LogP contribution < -0.4 is 16.2 Å². The minimum Gasteiger partial charge on any atom is -0.481 e. The number of para-hydroxylation sites is 1. The van der Waals surface area contributed by atoms with Crippen molar-refractivity contribution in [1.29, 1.82) is 0 Å². The second-order valence-electron chi connectivity index (χ2n) is 8.92. The summed E-state index contributed by atoms with van der Waals surface area (Å²) in [5, 5.41) is 14.6. The number of carboxylic acids is 1. The summed E-state index contributed by atoms with van der Waals surface area (Å²) in [7, 11) is 0. The third kappa shape index (κ3) is 7.41. The van der Waals surface area contributed by atoms with Gasteiger partial charge < -0.3 is 20.3 Å². The molecule has 38 heavy (non-hydrogen) atoms. The number of aromatic nitrogens is 2. The monoisotopic (exact) mass is 519 g/mol. The molecule has 0 saturated heterocycles. The molecule has 2 amide bonds. The fourth-order valence-electron chi connectivity index (χ4n) is 4.01. The van der Waals surface area contributed by atoms with E-state index in [4.69, 9.17) is 5.11 Å². The molecule has 3 N–H and O–H groups in total. The van der Waals surface area contributed by atoms with Gasteiger partial charge in [0.1, 0.15) is 0 Å². The van der Waals surface area contributed by atoms with Gasteiger partial charge in [-0.25, -0.2) is 4.79 Å². The minimum atomic E-state index is -0.831. The van der Waals surface area contributed by atoms with E-state index in [1.54, 1.807) is 35.0 Å². The molecule has 0 aliphatic heterocycles. The molecule has 1 radical (unpaired) electrons. The molecular weight excluding hydrogens is 491 g/mol. The van der Waals surface area contributed by atoms with Gasteiger partial charge in [-0.15, -0.1) is 0 Å². The number of aryl methyl sites for hydroxylation is 1. The van der Waals surface area contributed by atoms with Gasteiger partial charge in [-0.05, 0) is 59.9 Å². The van der Waals surface area contributed by atoms with E-state index in [1.807, 2.05) is 62.4 Å². The van der Waals surface area contributed by atoms with Crippen LogP contribution in [0.3, 0.4) is 0 Å². The van der Waals surface area contributed by atoms with Crippen LogP contribution in [0, 0.1) is 6.92 Å². The smallest absolute Gasteiger partial charge is 0.323 e. The van der Waals surface area contributed by atoms with Crippen molar-refractivity contribution in [3.63, 3.8) is 0 Å². The molecule has 2 heterocycles. The van der Waals surface area contributed by atoms with Crippen LogP contribution in [0.4, 0.5) is 16.2 Å². The summed E-state index contributed by atoms with van der Waals surface area (Å²) in [4.78, 5) is 40.8. The molecule has 2 aromatic carbocycles. The molecule has 0 bridgehead atoms. The van der Waals surface area contributed by atoms with Gasteiger partial charge in [-0.3, -0.25) is 14.6 Å². The summed E-state index contributed by atoms with van der Waals surface area (Å²) >= 11 is 0. The van der Waals surface area contributed by atoms with Gasteiger partial charge in [0.2, 0.25) is 0 Å². The molecule has 0 fully saturated rings. The molecule has 4 aromatic rings. The summed E-state index contributed by atoms with van der Waals surface area (Å²) in [6, 6.07) is 21.7. The van der Waals surface area contributed by atoms with Crippen LogP contribution >= 0.6 is 0 Å². The van der Waals surface area contributed by atoms with E-state index in [0.717, 1.165) is 22.4 Å². The summed E-state index contributed by atoms with van der Waals surface area (Å²) in [5.74, 6) is -0.919. The Kier molecular flexibility index (Phi) is 10.0. The van der Waals surface area contributed by atoms with Crippen molar-refractivity contribution in [3.05, 3.63) is 112 Å². The van der Waals surface area contributed by atoms with Crippen LogP contribution in [0.15, 0.2) is 90.0 Å². The molecule has 0 spiro atoms. The van der Waals surface area contributed by atoms with Gasteiger partial charge in [0, 0.05) is 41.4 Å². The third-order valence-electron chi connectivity index (χ3n) is 6.09. The molecule has 0 aliphatic rings. The number of carboxylic acid groups (broad SMARTS) is 1. The van der Waals surface area contributed by atoms with Crippen molar-refractivity contribution in [2.45, 2.75) is 32.7 Å². The first-order chi connectivity index (χ1) is 17.8. The maximum absolute atomic E-state index is 13.1. The number of hydrogen-bond acceptors (Lipinski definition) is 4. The molecule has 9 heteroatoms. The van der Waals surface area contributed by atoms with Crippen LogP contribution in [0.25, 0.3) is 11.3 Å². The summed E-state index contributed by atoms with van der Waals surface area (Å²) < 4.78 is 1.61. The Morgan fingerprint density at radius 3 is 2.37 bits per heavy atom. The van der Waals surface area contributed by atoms with E-state index >= 15 is 0 Å². The van der Waals surface area contributed by atoms with Crippen LogP contribution in [0.2, 0.25) is 0 Å². The maximum Gasteiger partial charge on any atom is 0.323 e. The van der Waals surface area contributed by atoms with Crippen molar-refractivity contribution in [1.82, 2.24) is 9.55 Å². The average Bonchev–Trinajstić information content (AvgIpc) is 2.87. The number of amides is 2. The summed E-state index contributed by atoms with van der Waals surface area (Å²) in [6.07, 6.45) is 3.30. The van der Waals surface area contributed by atoms with E-state index in [2.05, 4.69) is 15.6 Å². The molecular formula is C29H28N4NaO4. The second kappa shape index (κ2) is 13.2. The number of urea groups is 1. The Hall–Kier alpha value is -3.72. The molecule has 2 aromatic heterocycles. The standard InChI is InChI=1S/C29H28N4O4.Na/c1-19-6-3-4-8-25(19)32-29(37)31-23-13-14-26(30-17-23)24-7-5-15-33(28(24)36)18-21-9-11-22(12-10-21)20(2)16-27(34)35;/h3-15,17,20H,16,18H2,1-2H3,(H,34,35)(H2,31,32,37);/t20-;/m1./s1. The van der Waals surface area contributed by atoms with E-state index in [1.165, 1.54) is 6.20 Å². The van der Waals surface area contributed by atoms with Gasteiger partial charge in [0.25, 0.3) is 5.56 Å². The SMILES string of the molecule is Cc1ccccc1NC(=O)Nc1ccc(-c2cccn(Cc3ccc([C@H](C)CC(=O)O)cc3)c2=O)nc1.[Na]. The number of hydrogen-bond donors (Lipinski definition) is 3. The molecule has 0 unspecified atom stereocenters.